The summed E-state index contributed by atoms with van der Waals surface area (Å²) in [5, 5.41) is 9.28. The van der Waals surface area contributed by atoms with Crippen LogP contribution in [0, 0.1) is 12.3 Å². The first-order chi connectivity index (χ1) is 6.26. The van der Waals surface area contributed by atoms with Crippen molar-refractivity contribution in [1.29, 1.82) is 0 Å². The molecule has 0 bridgehead atoms. The Morgan fingerprint density at radius 1 is 1.54 bits per heavy atom. The highest BCUT2D eigenvalue weighted by molar-refractivity contribution is 5.34. The summed E-state index contributed by atoms with van der Waals surface area (Å²) in [4.78, 5) is 0. The maximum absolute atomic E-state index is 9.28. The van der Waals surface area contributed by atoms with Gasteiger partial charge in [-0.3, -0.25) is 0 Å². The van der Waals surface area contributed by atoms with Crippen LogP contribution in [0.2, 0.25) is 0 Å². The summed E-state index contributed by atoms with van der Waals surface area (Å²) < 4.78 is 0. The van der Waals surface area contributed by atoms with Crippen LogP contribution in [0.15, 0.2) is 24.3 Å². The summed E-state index contributed by atoms with van der Waals surface area (Å²) in [5.41, 5.74) is 6.99. The van der Waals surface area contributed by atoms with Crippen molar-refractivity contribution in [2.75, 3.05) is 6.54 Å². The molecule has 1 atom stereocenters. The summed E-state index contributed by atoms with van der Waals surface area (Å²) in [6.45, 7) is 0.262. The van der Waals surface area contributed by atoms with Crippen molar-refractivity contribution < 1.29 is 5.11 Å². The molecule has 0 spiro atoms. The molecule has 1 aromatic rings. The van der Waals surface area contributed by atoms with Crippen molar-refractivity contribution in [2.24, 2.45) is 5.73 Å². The van der Waals surface area contributed by atoms with Crippen molar-refractivity contribution in [2.45, 2.75) is 12.5 Å². The van der Waals surface area contributed by atoms with Gasteiger partial charge < -0.3 is 10.8 Å². The highest BCUT2D eigenvalue weighted by Crippen LogP contribution is 2.06. The van der Waals surface area contributed by atoms with Gasteiger partial charge in [0.1, 0.15) is 0 Å². The zero-order chi connectivity index (χ0) is 9.68. The monoisotopic (exact) mass is 174 g/mol. The quantitative estimate of drug-likeness (QED) is 0.655. The fraction of sp³-hybridized carbons (Fsp3) is 0.273. The third-order valence-electron chi connectivity index (χ3n) is 1.81. The van der Waals surface area contributed by atoms with E-state index in [4.69, 9.17) is 12.2 Å². The Balaban J connectivity index is 2.73. The molecular weight excluding hydrogens is 162 g/mol. The van der Waals surface area contributed by atoms with Gasteiger partial charge in [0.2, 0.25) is 0 Å². The first kappa shape index (κ1) is 9.79. The number of nitrogens with two attached hydrogens (primary N) is 1. The molecule has 13 heavy (non-hydrogen) atoms. The fourth-order valence-electron chi connectivity index (χ4n) is 1.13. The van der Waals surface area contributed by atoms with E-state index in [9.17, 15) is 5.11 Å². The molecule has 0 fully saturated rings. The van der Waals surface area contributed by atoms with E-state index >= 15 is 0 Å². The molecule has 0 aromatic heterocycles. The van der Waals surface area contributed by atoms with Gasteiger partial charge in [-0.15, -0.1) is 0 Å². The second kappa shape index (κ2) is 4.66. The normalized spacial score (nSPS) is 12.1. The van der Waals surface area contributed by atoms with Crippen LogP contribution >= 0.6 is 0 Å². The predicted octanol–water partition coefficient (Wildman–Crippen LogP) is 0.487. The first-order valence-corrected chi connectivity index (χ1v) is 4.16. The number of rotatable bonds is 3. The molecule has 0 aliphatic heterocycles. The molecule has 2 nitrogen and oxygen atoms in total. The molecule has 0 amide bonds. The maximum atomic E-state index is 9.28. The van der Waals surface area contributed by atoms with Gasteiger partial charge in [-0.25, -0.2) is 0 Å². The standard InChI is InChI=1S/C11H12NO/c1-2-9-4-3-5-10(6-9)7-11(13)8-12/h3-6,11,13H,7-8,12H2. The molecule has 67 valence electrons. The largest absolute Gasteiger partial charge is 0.391 e. The zero-order valence-electron chi connectivity index (χ0n) is 7.33. The number of hydrogen-bond donors (Lipinski definition) is 2. The van der Waals surface area contributed by atoms with Gasteiger partial charge in [0.15, 0.2) is 0 Å². The number of hydrogen-bond acceptors (Lipinski definition) is 2. The molecule has 3 N–H and O–H groups in total. The molecule has 0 aliphatic carbocycles. The highest BCUT2D eigenvalue weighted by atomic mass is 16.3. The van der Waals surface area contributed by atoms with Crippen LogP contribution < -0.4 is 5.73 Å². The average Bonchev–Trinajstić information content (AvgIpc) is 2.18. The third-order valence-corrected chi connectivity index (χ3v) is 1.81. The molecule has 2 heteroatoms. The van der Waals surface area contributed by atoms with Crippen molar-refractivity contribution in [3.8, 4) is 5.92 Å². The Hall–Kier alpha value is -1.30. The Morgan fingerprint density at radius 3 is 2.92 bits per heavy atom. The molecular formula is C11H12NO. The van der Waals surface area contributed by atoms with Gasteiger partial charge in [-0.1, -0.05) is 18.1 Å². The molecule has 1 rings (SSSR count). The van der Waals surface area contributed by atoms with Crippen molar-refractivity contribution >= 4 is 0 Å². The lowest BCUT2D eigenvalue weighted by atomic mass is 10.1. The molecule has 0 saturated carbocycles. The van der Waals surface area contributed by atoms with Gasteiger partial charge in [0.25, 0.3) is 0 Å². The van der Waals surface area contributed by atoms with Gasteiger partial charge in [0, 0.05) is 12.1 Å². The fourth-order valence-corrected chi connectivity index (χ4v) is 1.13. The van der Waals surface area contributed by atoms with E-state index in [0.717, 1.165) is 11.1 Å². The minimum absolute atomic E-state index is 0.262. The number of benzene rings is 1. The van der Waals surface area contributed by atoms with E-state index in [1.54, 1.807) is 6.07 Å². The lowest BCUT2D eigenvalue weighted by Crippen LogP contribution is -2.21. The Kier molecular flexibility index (Phi) is 3.51. The summed E-state index contributed by atoms with van der Waals surface area (Å²) >= 11 is 0. The molecule has 0 saturated heterocycles. The zero-order valence-corrected chi connectivity index (χ0v) is 7.33. The van der Waals surface area contributed by atoms with E-state index in [1.165, 1.54) is 0 Å². The smallest absolute Gasteiger partial charge is 0.0702 e. The van der Waals surface area contributed by atoms with Crippen LogP contribution in [0.25, 0.3) is 0 Å². The Bertz CT molecular complexity index is 314. The number of aliphatic hydroxyl groups is 1. The van der Waals surface area contributed by atoms with Crippen LogP contribution in [-0.2, 0) is 6.42 Å². The highest BCUT2D eigenvalue weighted by Gasteiger charge is 2.02. The van der Waals surface area contributed by atoms with Crippen molar-refractivity contribution in [3.63, 3.8) is 0 Å². The van der Waals surface area contributed by atoms with E-state index in [0.29, 0.717) is 6.42 Å². The molecule has 1 radical (unpaired) electrons. The predicted molar refractivity (Wildman–Crippen MR) is 51.4 cm³/mol. The van der Waals surface area contributed by atoms with Gasteiger partial charge in [0.05, 0.1) is 6.10 Å². The second-order valence-corrected chi connectivity index (χ2v) is 2.92. The van der Waals surface area contributed by atoms with Crippen LogP contribution in [-0.4, -0.2) is 17.8 Å². The lowest BCUT2D eigenvalue weighted by Gasteiger charge is -2.07. The van der Waals surface area contributed by atoms with E-state index in [1.807, 2.05) is 18.2 Å². The molecule has 0 aliphatic rings. The second-order valence-electron chi connectivity index (χ2n) is 2.92. The van der Waals surface area contributed by atoms with Gasteiger partial charge >= 0.3 is 0 Å². The summed E-state index contributed by atoms with van der Waals surface area (Å²) in [7, 11) is 0. The lowest BCUT2D eigenvalue weighted by molar-refractivity contribution is 0.183. The third kappa shape index (κ3) is 2.90. The van der Waals surface area contributed by atoms with Crippen molar-refractivity contribution in [1.82, 2.24) is 0 Å². The molecule has 0 heterocycles. The topological polar surface area (TPSA) is 46.2 Å². The van der Waals surface area contributed by atoms with Crippen molar-refractivity contribution in [3.05, 3.63) is 41.8 Å². The van der Waals surface area contributed by atoms with Crippen LogP contribution in [0.3, 0.4) is 0 Å². The van der Waals surface area contributed by atoms with Crippen LogP contribution in [0.4, 0.5) is 0 Å². The Labute approximate surface area is 78.4 Å². The summed E-state index contributed by atoms with van der Waals surface area (Å²) in [6.07, 6.45) is 6.97. The van der Waals surface area contributed by atoms with E-state index in [-0.39, 0.29) is 6.54 Å². The van der Waals surface area contributed by atoms with Crippen LogP contribution in [0.1, 0.15) is 11.1 Å². The number of aliphatic hydroxyl groups excluding tert-OH is 1. The van der Waals surface area contributed by atoms with Crippen LogP contribution in [0.5, 0.6) is 0 Å². The average molecular weight is 174 g/mol. The Morgan fingerprint density at radius 2 is 2.31 bits per heavy atom. The van der Waals surface area contributed by atoms with Gasteiger partial charge in [-0.05, 0) is 30.5 Å². The SMILES string of the molecule is [C]#Cc1cccc(CC(O)CN)c1. The molecule has 1 aromatic carbocycles. The summed E-state index contributed by atoms with van der Waals surface area (Å²) in [5.74, 6) is 2.30. The maximum Gasteiger partial charge on any atom is 0.0702 e. The molecule has 1 unspecified atom stereocenters. The first-order valence-electron chi connectivity index (χ1n) is 4.16. The van der Waals surface area contributed by atoms with Gasteiger partial charge in [-0.2, -0.15) is 0 Å². The minimum atomic E-state index is -0.499. The minimum Gasteiger partial charge on any atom is -0.391 e. The van der Waals surface area contributed by atoms with E-state index in [2.05, 4.69) is 5.92 Å². The summed E-state index contributed by atoms with van der Waals surface area (Å²) in [6, 6.07) is 7.37. The van der Waals surface area contributed by atoms with E-state index < -0.39 is 6.10 Å².